The second-order valence-corrected chi connectivity index (χ2v) is 9.05. The number of halogens is 2. The zero-order valence-corrected chi connectivity index (χ0v) is 18.8. The van der Waals surface area contributed by atoms with Gasteiger partial charge in [-0.2, -0.15) is 4.31 Å². The molecular weight excluding hydrogens is 468 g/mol. The predicted octanol–water partition coefficient (Wildman–Crippen LogP) is 3.94. The molecule has 0 radical (unpaired) electrons. The van der Waals surface area contributed by atoms with E-state index in [2.05, 4.69) is 21.2 Å². The summed E-state index contributed by atoms with van der Waals surface area (Å²) in [6.07, 6.45) is 0. The summed E-state index contributed by atoms with van der Waals surface area (Å²) in [6, 6.07) is 11.5. The summed E-state index contributed by atoms with van der Waals surface area (Å²) in [5.74, 6) is 0.216. The number of carbonyl (C=O) groups is 1. The average Bonchev–Trinajstić information content (AvgIpc) is 2.66. The highest BCUT2D eigenvalue weighted by Crippen LogP contribution is 2.23. The first-order valence-electron chi connectivity index (χ1n) is 8.75. The van der Waals surface area contributed by atoms with Crippen molar-refractivity contribution in [2.45, 2.75) is 18.7 Å². The molecule has 0 spiro atoms. The number of nitrogens with zero attached hydrogens (tertiary/aromatic N) is 1. The molecular formula is C19H22BrClN2O4S. The van der Waals surface area contributed by atoms with E-state index in [1.807, 2.05) is 24.3 Å². The fourth-order valence-electron chi connectivity index (χ4n) is 2.54. The minimum atomic E-state index is -3.67. The first-order valence-corrected chi connectivity index (χ1v) is 11.4. The lowest BCUT2D eigenvalue weighted by molar-refractivity contribution is 0.0947. The first kappa shape index (κ1) is 22.7. The molecule has 0 aliphatic carbocycles. The Bertz CT molecular complexity index is 933. The Balaban J connectivity index is 2.04. The zero-order valence-electron chi connectivity index (χ0n) is 15.6. The van der Waals surface area contributed by atoms with Crippen molar-refractivity contribution in [1.82, 2.24) is 9.62 Å². The van der Waals surface area contributed by atoms with Crippen LogP contribution in [0.5, 0.6) is 5.75 Å². The fourth-order valence-corrected chi connectivity index (χ4v) is 4.60. The van der Waals surface area contributed by atoms with Crippen LogP contribution in [0.25, 0.3) is 0 Å². The Morgan fingerprint density at radius 1 is 1.18 bits per heavy atom. The molecule has 2 rings (SSSR count). The summed E-state index contributed by atoms with van der Waals surface area (Å²) < 4.78 is 33.1. The monoisotopic (exact) mass is 488 g/mol. The standard InChI is InChI=1S/C19H22BrClN2O4S/c1-3-23(4-2)28(25,26)16-8-9-18(21)17(13-16)19(24)22-10-11-27-15-7-5-6-14(20)12-15/h5-9,12-13H,3-4,10-11H2,1-2H3,(H,22,24). The maximum absolute atomic E-state index is 12.7. The zero-order chi connectivity index (χ0) is 20.7. The van der Waals surface area contributed by atoms with Gasteiger partial charge in [0.1, 0.15) is 12.4 Å². The van der Waals surface area contributed by atoms with Gasteiger partial charge in [0.2, 0.25) is 10.0 Å². The molecule has 0 heterocycles. The highest BCUT2D eigenvalue weighted by molar-refractivity contribution is 9.10. The van der Waals surface area contributed by atoms with Crippen LogP contribution in [-0.2, 0) is 10.0 Å². The lowest BCUT2D eigenvalue weighted by Crippen LogP contribution is -2.31. The molecule has 0 bridgehead atoms. The van der Waals surface area contributed by atoms with Gasteiger partial charge in [0.25, 0.3) is 5.91 Å². The van der Waals surface area contributed by atoms with Crippen LogP contribution in [0.3, 0.4) is 0 Å². The largest absolute Gasteiger partial charge is 0.492 e. The van der Waals surface area contributed by atoms with Crippen molar-refractivity contribution in [2.75, 3.05) is 26.2 Å². The minimum Gasteiger partial charge on any atom is -0.492 e. The lowest BCUT2D eigenvalue weighted by Gasteiger charge is -2.19. The van der Waals surface area contributed by atoms with E-state index in [4.69, 9.17) is 16.3 Å². The third kappa shape index (κ3) is 5.70. The van der Waals surface area contributed by atoms with E-state index >= 15 is 0 Å². The van der Waals surface area contributed by atoms with Crippen molar-refractivity contribution in [2.24, 2.45) is 0 Å². The third-order valence-corrected chi connectivity index (χ3v) is 6.85. The Morgan fingerprint density at radius 3 is 2.54 bits per heavy atom. The van der Waals surface area contributed by atoms with Crippen LogP contribution in [0.15, 0.2) is 51.8 Å². The van der Waals surface area contributed by atoms with Crippen LogP contribution in [0.4, 0.5) is 0 Å². The van der Waals surface area contributed by atoms with E-state index in [0.717, 1.165) is 4.47 Å². The van der Waals surface area contributed by atoms with E-state index < -0.39 is 15.9 Å². The van der Waals surface area contributed by atoms with Gasteiger partial charge < -0.3 is 10.1 Å². The summed E-state index contributed by atoms with van der Waals surface area (Å²) in [6.45, 7) is 4.71. The third-order valence-electron chi connectivity index (χ3n) is 3.98. The Morgan fingerprint density at radius 2 is 1.89 bits per heavy atom. The number of hydrogen-bond donors (Lipinski definition) is 1. The predicted molar refractivity (Wildman–Crippen MR) is 114 cm³/mol. The van der Waals surface area contributed by atoms with E-state index in [-0.39, 0.29) is 28.6 Å². The molecule has 0 saturated heterocycles. The van der Waals surface area contributed by atoms with Gasteiger partial charge in [-0.05, 0) is 36.4 Å². The van der Waals surface area contributed by atoms with Crippen LogP contribution in [-0.4, -0.2) is 44.9 Å². The molecule has 0 aromatic heterocycles. The number of nitrogens with one attached hydrogen (secondary N) is 1. The fraction of sp³-hybridized carbons (Fsp3) is 0.316. The molecule has 0 aliphatic rings. The lowest BCUT2D eigenvalue weighted by atomic mass is 10.2. The van der Waals surface area contributed by atoms with Crippen LogP contribution in [0, 0.1) is 0 Å². The number of ether oxygens (including phenoxy) is 1. The molecule has 2 aromatic carbocycles. The van der Waals surface area contributed by atoms with Gasteiger partial charge in [-0.15, -0.1) is 0 Å². The average molecular weight is 490 g/mol. The van der Waals surface area contributed by atoms with Crippen molar-refractivity contribution in [3.05, 3.63) is 57.5 Å². The van der Waals surface area contributed by atoms with Crippen molar-refractivity contribution in [1.29, 1.82) is 0 Å². The smallest absolute Gasteiger partial charge is 0.252 e. The van der Waals surface area contributed by atoms with Gasteiger partial charge >= 0.3 is 0 Å². The van der Waals surface area contributed by atoms with Gasteiger partial charge in [-0.1, -0.05) is 47.4 Å². The number of sulfonamides is 1. The van der Waals surface area contributed by atoms with Crippen molar-refractivity contribution < 1.29 is 17.9 Å². The van der Waals surface area contributed by atoms with Gasteiger partial charge in [0.05, 0.1) is 22.0 Å². The Labute approximate surface area is 179 Å². The molecule has 152 valence electrons. The highest BCUT2D eigenvalue weighted by Gasteiger charge is 2.23. The van der Waals surface area contributed by atoms with Crippen LogP contribution < -0.4 is 10.1 Å². The highest BCUT2D eigenvalue weighted by atomic mass is 79.9. The maximum atomic E-state index is 12.7. The van der Waals surface area contributed by atoms with E-state index in [0.29, 0.717) is 18.8 Å². The quantitative estimate of drug-likeness (QED) is 0.541. The van der Waals surface area contributed by atoms with Gasteiger partial charge in [0.15, 0.2) is 0 Å². The number of benzene rings is 2. The molecule has 1 N–H and O–H groups in total. The van der Waals surface area contributed by atoms with Crippen LogP contribution >= 0.6 is 27.5 Å². The molecule has 0 saturated carbocycles. The molecule has 1 amide bonds. The van der Waals surface area contributed by atoms with Crippen molar-refractivity contribution >= 4 is 43.5 Å². The molecule has 2 aromatic rings. The maximum Gasteiger partial charge on any atom is 0.252 e. The number of amides is 1. The Kier molecular flexibility index (Phi) is 8.30. The molecule has 0 aliphatic heterocycles. The van der Waals surface area contributed by atoms with Crippen molar-refractivity contribution in [3.8, 4) is 5.75 Å². The summed E-state index contributed by atoms with van der Waals surface area (Å²) >= 11 is 9.47. The number of hydrogen-bond acceptors (Lipinski definition) is 4. The normalized spacial score (nSPS) is 11.5. The Hall–Kier alpha value is -1.61. The van der Waals surface area contributed by atoms with Crippen molar-refractivity contribution in [3.63, 3.8) is 0 Å². The molecule has 28 heavy (non-hydrogen) atoms. The summed E-state index contributed by atoms with van der Waals surface area (Å²) in [5.41, 5.74) is 0.109. The molecule has 9 heteroatoms. The molecule has 0 atom stereocenters. The summed E-state index contributed by atoms with van der Waals surface area (Å²) in [5, 5.41) is 2.88. The number of rotatable bonds is 9. The summed E-state index contributed by atoms with van der Waals surface area (Å²) in [4.78, 5) is 12.5. The van der Waals surface area contributed by atoms with E-state index in [1.165, 1.54) is 22.5 Å². The topological polar surface area (TPSA) is 75.7 Å². The second-order valence-electron chi connectivity index (χ2n) is 5.79. The molecule has 6 nitrogen and oxygen atoms in total. The number of carbonyl (C=O) groups excluding carboxylic acids is 1. The SMILES string of the molecule is CCN(CC)S(=O)(=O)c1ccc(Cl)c(C(=O)NCCOc2cccc(Br)c2)c1. The second kappa shape index (κ2) is 10.2. The summed E-state index contributed by atoms with van der Waals surface area (Å²) in [7, 11) is -3.67. The molecule has 0 unspecified atom stereocenters. The van der Waals surface area contributed by atoms with Crippen LogP contribution in [0.1, 0.15) is 24.2 Å². The van der Waals surface area contributed by atoms with Gasteiger partial charge in [0, 0.05) is 17.6 Å². The van der Waals surface area contributed by atoms with Crippen LogP contribution in [0.2, 0.25) is 5.02 Å². The van der Waals surface area contributed by atoms with Gasteiger partial charge in [-0.25, -0.2) is 8.42 Å². The van der Waals surface area contributed by atoms with E-state index in [1.54, 1.807) is 13.8 Å². The van der Waals surface area contributed by atoms with E-state index in [9.17, 15) is 13.2 Å². The minimum absolute atomic E-state index is 0.0381. The first-order chi connectivity index (χ1) is 13.3. The molecule has 0 fully saturated rings. The van der Waals surface area contributed by atoms with Gasteiger partial charge in [-0.3, -0.25) is 4.79 Å².